The molecule has 12 nitrogen and oxygen atoms in total. The van der Waals surface area contributed by atoms with Gasteiger partial charge in [0.15, 0.2) is 0 Å². The standard InChI is InChI=1S/C25H18N4O8/c1-14-9-15(2)11-18(10-14)27-24(31)20(23(30)26-25(27)32)12-16-3-6-19(7-4-16)37-22-8-5-17(28(33)34)13-21(22)29(35)36/h3-13H,1-2H3,(H,26,30,32). The zero-order valence-electron chi connectivity index (χ0n) is 19.5. The molecule has 1 heterocycles. The van der Waals surface area contributed by atoms with E-state index in [1.165, 1.54) is 30.3 Å². The Morgan fingerprint density at radius 1 is 0.865 bits per heavy atom. The predicted molar refractivity (Wildman–Crippen MR) is 131 cm³/mol. The molecule has 3 aromatic rings. The van der Waals surface area contributed by atoms with E-state index in [1.54, 1.807) is 12.1 Å². The lowest BCUT2D eigenvalue weighted by Crippen LogP contribution is -2.54. The van der Waals surface area contributed by atoms with Gasteiger partial charge in [-0.15, -0.1) is 0 Å². The number of benzene rings is 3. The van der Waals surface area contributed by atoms with Crippen molar-refractivity contribution in [1.82, 2.24) is 5.32 Å². The van der Waals surface area contributed by atoms with Crippen molar-refractivity contribution in [3.05, 3.63) is 103 Å². The van der Waals surface area contributed by atoms with E-state index in [9.17, 15) is 34.6 Å². The number of hydrogen-bond donors (Lipinski definition) is 1. The highest BCUT2D eigenvalue weighted by atomic mass is 16.6. The fraction of sp³-hybridized carbons (Fsp3) is 0.0800. The molecular formula is C25H18N4O8. The van der Waals surface area contributed by atoms with Crippen LogP contribution in [-0.2, 0) is 9.59 Å². The van der Waals surface area contributed by atoms with Gasteiger partial charge in [0.05, 0.1) is 21.6 Å². The number of nitro benzene ring substituents is 2. The number of nitrogens with zero attached hydrogens (tertiary/aromatic N) is 3. The molecule has 1 aliphatic rings. The summed E-state index contributed by atoms with van der Waals surface area (Å²) in [7, 11) is 0. The number of nitrogens with one attached hydrogen (secondary N) is 1. The number of nitro groups is 2. The van der Waals surface area contributed by atoms with Gasteiger partial charge >= 0.3 is 11.7 Å². The van der Waals surface area contributed by atoms with Crippen LogP contribution >= 0.6 is 0 Å². The lowest BCUT2D eigenvalue weighted by Gasteiger charge is -2.27. The number of rotatable bonds is 6. The number of aryl methyl sites for hydroxylation is 2. The van der Waals surface area contributed by atoms with Crippen LogP contribution in [0.5, 0.6) is 11.5 Å². The maximum Gasteiger partial charge on any atom is 0.335 e. The summed E-state index contributed by atoms with van der Waals surface area (Å²) in [5.41, 5.74) is 1.11. The average molecular weight is 502 g/mol. The number of carbonyl (C=O) groups is 3. The van der Waals surface area contributed by atoms with Gasteiger partial charge in [-0.05, 0) is 66.9 Å². The summed E-state index contributed by atoms with van der Waals surface area (Å²) < 4.78 is 5.52. The monoisotopic (exact) mass is 502 g/mol. The third-order valence-electron chi connectivity index (χ3n) is 5.34. The zero-order valence-corrected chi connectivity index (χ0v) is 19.5. The van der Waals surface area contributed by atoms with Crippen molar-refractivity contribution in [3.8, 4) is 11.5 Å². The van der Waals surface area contributed by atoms with E-state index < -0.39 is 39.1 Å². The van der Waals surface area contributed by atoms with E-state index in [-0.39, 0.29) is 17.1 Å². The Morgan fingerprint density at radius 2 is 1.51 bits per heavy atom. The van der Waals surface area contributed by atoms with Crippen LogP contribution < -0.4 is 15.0 Å². The van der Waals surface area contributed by atoms with Gasteiger partial charge in [0.2, 0.25) is 5.75 Å². The van der Waals surface area contributed by atoms with Gasteiger partial charge in [-0.3, -0.25) is 35.1 Å². The van der Waals surface area contributed by atoms with Gasteiger partial charge in [-0.1, -0.05) is 18.2 Å². The molecule has 0 aromatic heterocycles. The van der Waals surface area contributed by atoms with Crippen molar-refractivity contribution in [2.75, 3.05) is 4.90 Å². The van der Waals surface area contributed by atoms with Crippen molar-refractivity contribution in [2.45, 2.75) is 13.8 Å². The molecule has 4 rings (SSSR count). The van der Waals surface area contributed by atoms with E-state index in [0.717, 1.165) is 34.2 Å². The SMILES string of the molecule is Cc1cc(C)cc(N2C(=O)NC(=O)C(=Cc3ccc(Oc4ccc([N+](=O)[O-])cc4[N+](=O)[O-])cc3)C2=O)c1. The van der Waals surface area contributed by atoms with Gasteiger partial charge in [0.1, 0.15) is 11.3 Å². The molecule has 0 bridgehead atoms. The molecule has 37 heavy (non-hydrogen) atoms. The molecule has 0 saturated carbocycles. The van der Waals surface area contributed by atoms with E-state index in [0.29, 0.717) is 11.3 Å². The summed E-state index contributed by atoms with van der Waals surface area (Å²) in [6.07, 6.45) is 1.30. The number of imide groups is 2. The van der Waals surface area contributed by atoms with E-state index in [1.807, 2.05) is 19.9 Å². The van der Waals surface area contributed by atoms with E-state index >= 15 is 0 Å². The summed E-state index contributed by atoms with van der Waals surface area (Å²) in [5.74, 6) is -1.67. The third-order valence-corrected chi connectivity index (χ3v) is 5.34. The van der Waals surface area contributed by atoms with Crippen LogP contribution in [0.25, 0.3) is 6.08 Å². The van der Waals surface area contributed by atoms with Crippen molar-refractivity contribution in [1.29, 1.82) is 0 Å². The summed E-state index contributed by atoms with van der Waals surface area (Å²) >= 11 is 0. The molecule has 12 heteroatoms. The molecule has 4 amide bonds. The van der Waals surface area contributed by atoms with Gasteiger partial charge in [-0.25, -0.2) is 9.69 Å². The van der Waals surface area contributed by atoms with Crippen LogP contribution in [0.15, 0.2) is 66.2 Å². The normalized spacial score (nSPS) is 14.5. The largest absolute Gasteiger partial charge is 0.450 e. The molecule has 0 unspecified atom stereocenters. The highest BCUT2D eigenvalue weighted by Gasteiger charge is 2.37. The van der Waals surface area contributed by atoms with Crippen molar-refractivity contribution in [2.24, 2.45) is 0 Å². The number of ether oxygens (including phenoxy) is 1. The Bertz CT molecular complexity index is 1490. The molecule has 1 aliphatic heterocycles. The lowest BCUT2D eigenvalue weighted by molar-refractivity contribution is -0.394. The first-order valence-electron chi connectivity index (χ1n) is 10.7. The molecule has 1 saturated heterocycles. The highest BCUT2D eigenvalue weighted by Crippen LogP contribution is 2.34. The second-order valence-corrected chi connectivity index (χ2v) is 8.14. The van der Waals surface area contributed by atoms with Crippen LogP contribution in [0, 0.1) is 34.1 Å². The Hall–Kier alpha value is -5.39. The second-order valence-electron chi connectivity index (χ2n) is 8.14. The van der Waals surface area contributed by atoms with Gasteiger partial charge in [-0.2, -0.15) is 0 Å². The fourth-order valence-corrected chi connectivity index (χ4v) is 3.75. The number of amides is 4. The van der Waals surface area contributed by atoms with Crippen molar-refractivity contribution < 1.29 is 29.0 Å². The molecular weight excluding hydrogens is 484 g/mol. The molecule has 3 aromatic carbocycles. The van der Waals surface area contributed by atoms with E-state index in [2.05, 4.69) is 5.32 Å². The van der Waals surface area contributed by atoms with Crippen LogP contribution in [0.1, 0.15) is 16.7 Å². The maximum absolute atomic E-state index is 13.1. The number of hydrogen-bond acceptors (Lipinski definition) is 8. The number of barbiturate groups is 1. The summed E-state index contributed by atoms with van der Waals surface area (Å²) in [4.78, 5) is 59.5. The first-order chi connectivity index (χ1) is 17.5. The van der Waals surface area contributed by atoms with Gasteiger partial charge in [0.25, 0.3) is 17.5 Å². The molecule has 0 radical (unpaired) electrons. The average Bonchev–Trinajstić information content (AvgIpc) is 2.82. The smallest absolute Gasteiger partial charge is 0.335 e. The first-order valence-corrected chi connectivity index (χ1v) is 10.7. The topological polar surface area (TPSA) is 162 Å². The Kier molecular flexibility index (Phi) is 6.48. The quantitative estimate of drug-likeness (QED) is 0.222. The molecule has 186 valence electrons. The molecule has 1 N–H and O–H groups in total. The van der Waals surface area contributed by atoms with Gasteiger partial charge < -0.3 is 4.74 Å². The summed E-state index contributed by atoms with van der Waals surface area (Å²) in [6, 6.07) is 13.2. The van der Waals surface area contributed by atoms with Crippen LogP contribution in [0.4, 0.5) is 21.9 Å². The number of urea groups is 1. The lowest BCUT2D eigenvalue weighted by atomic mass is 10.1. The van der Waals surface area contributed by atoms with Crippen LogP contribution in [0.2, 0.25) is 0 Å². The van der Waals surface area contributed by atoms with E-state index in [4.69, 9.17) is 4.74 Å². The number of non-ortho nitro benzene ring substituents is 1. The second kappa shape index (κ2) is 9.70. The van der Waals surface area contributed by atoms with Crippen LogP contribution in [0.3, 0.4) is 0 Å². The zero-order chi connectivity index (χ0) is 26.9. The first kappa shape index (κ1) is 24.7. The highest BCUT2D eigenvalue weighted by molar-refractivity contribution is 6.39. The molecule has 0 aliphatic carbocycles. The van der Waals surface area contributed by atoms with Crippen LogP contribution in [-0.4, -0.2) is 27.7 Å². The third kappa shape index (κ3) is 5.17. The minimum absolute atomic E-state index is 0.172. The predicted octanol–water partition coefficient (Wildman–Crippen LogP) is 4.58. The molecule has 0 spiro atoms. The van der Waals surface area contributed by atoms with Gasteiger partial charge in [0, 0.05) is 6.07 Å². The Balaban J connectivity index is 1.60. The number of carbonyl (C=O) groups excluding carboxylic acids is 3. The van der Waals surface area contributed by atoms with Crippen molar-refractivity contribution >= 4 is 41.0 Å². The Morgan fingerprint density at radius 3 is 2.11 bits per heavy atom. The maximum atomic E-state index is 13.1. The molecule has 1 fully saturated rings. The van der Waals surface area contributed by atoms with Crippen molar-refractivity contribution in [3.63, 3.8) is 0 Å². The fourth-order valence-electron chi connectivity index (χ4n) is 3.75. The summed E-state index contributed by atoms with van der Waals surface area (Å²) in [5, 5.41) is 24.4. The summed E-state index contributed by atoms with van der Waals surface area (Å²) in [6.45, 7) is 3.64. The Labute approximate surface area is 209 Å². The number of anilines is 1. The molecule has 0 atom stereocenters. The minimum Gasteiger partial charge on any atom is -0.450 e. The minimum atomic E-state index is -0.856.